The lowest BCUT2D eigenvalue weighted by Gasteiger charge is -2.03. The molecular formula is C20H19N2O2+. The molecule has 0 N–H and O–H groups in total. The number of Topliss-reactive ketones (excluding diaryl/α,β-unsaturated/α-hetero) is 1. The molecule has 0 bridgehead atoms. The van der Waals surface area contributed by atoms with E-state index in [1.807, 2.05) is 30.5 Å². The predicted molar refractivity (Wildman–Crippen MR) is 91.9 cm³/mol. The predicted octanol–water partition coefficient (Wildman–Crippen LogP) is 3.24. The molecule has 0 unspecified atom stereocenters. The van der Waals surface area contributed by atoms with Crippen LogP contribution < -0.4 is 9.30 Å². The van der Waals surface area contributed by atoms with Crippen LogP contribution in [0.15, 0.2) is 67.1 Å². The van der Waals surface area contributed by atoms with Gasteiger partial charge in [-0.2, -0.15) is 0 Å². The Morgan fingerprint density at radius 3 is 2.46 bits per heavy atom. The highest BCUT2D eigenvalue weighted by atomic mass is 16.5. The Labute approximate surface area is 141 Å². The first-order valence-electron chi connectivity index (χ1n) is 7.76. The number of hydrogen-bond donors (Lipinski definition) is 0. The molecule has 0 aliphatic carbocycles. The van der Waals surface area contributed by atoms with E-state index in [0.717, 1.165) is 17.0 Å². The van der Waals surface area contributed by atoms with Crippen molar-refractivity contribution in [3.05, 3.63) is 78.2 Å². The van der Waals surface area contributed by atoms with Crippen molar-refractivity contribution in [2.45, 2.75) is 13.5 Å². The highest BCUT2D eigenvalue weighted by Crippen LogP contribution is 2.19. The number of hydrogen-bond acceptors (Lipinski definition) is 3. The van der Waals surface area contributed by atoms with Crippen molar-refractivity contribution in [2.24, 2.45) is 0 Å². The average molecular weight is 319 g/mol. The maximum atomic E-state index is 12.3. The van der Waals surface area contributed by atoms with Crippen LogP contribution in [0.3, 0.4) is 0 Å². The molecule has 4 heteroatoms. The van der Waals surface area contributed by atoms with Crippen LogP contribution in [0.5, 0.6) is 5.75 Å². The Morgan fingerprint density at radius 1 is 1.08 bits per heavy atom. The lowest BCUT2D eigenvalue weighted by molar-refractivity contribution is -0.686. The molecule has 0 spiro atoms. The zero-order valence-electron chi connectivity index (χ0n) is 13.8. The van der Waals surface area contributed by atoms with Crippen LogP contribution in [0.1, 0.15) is 15.9 Å². The van der Waals surface area contributed by atoms with Gasteiger partial charge in [-0.15, -0.1) is 0 Å². The maximum absolute atomic E-state index is 12.3. The number of rotatable bonds is 5. The van der Waals surface area contributed by atoms with E-state index in [-0.39, 0.29) is 12.3 Å². The van der Waals surface area contributed by atoms with Crippen molar-refractivity contribution >= 4 is 5.78 Å². The summed E-state index contributed by atoms with van der Waals surface area (Å²) in [7, 11) is 1.61. The van der Waals surface area contributed by atoms with Crippen LogP contribution in [0.4, 0.5) is 0 Å². The minimum Gasteiger partial charge on any atom is -0.497 e. The molecule has 4 nitrogen and oxygen atoms in total. The maximum Gasteiger partial charge on any atom is 0.287 e. The number of aromatic nitrogens is 2. The topological polar surface area (TPSA) is 43.1 Å². The second-order valence-electron chi connectivity index (χ2n) is 5.58. The summed E-state index contributed by atoms with van der Waals surface area (Å²) in [6.45, 7) is 2.32. The van der Waals surface area contributed by atoms with E-state index in [1.165, 1.54) is 5.56 Å². The van der Waals surface area contributed by atoms with Gasteiger partial charge in [0.15, 0.2) is 12.2 Å². The summed E-state index contributed by atoms with van der Waals surface area (Å²) >= 11 is 0. The van der Waals surface area contributed by atoms with Crippen LogP contribution in [0, 0.1) is 6.92 Å². The minimum atomic E-state index is 0.0353. The number of carbonyl (C=O) groups excluding carboxylic acids is 1. The van der Waals surface area contributed by atoms with Crippen molar-refractivity contribution in [1.82, 2.24) is 4.98 Å². The summed E-state index contributed by atoms with van der Waals surface area (Å²) in [5.41, 5.74) is 3.84. The van der Waals surface area contributed by atoms with Crippen LogP contribution >= 0.6 is 0 Å². The third-order valence-corrected chi connectivity index (χ3v) is 3.93. The smallest absolute Gasteiger partial charge is 0.287 e. The Morgan fingerprint density at radius 2 is 1.83 bits per heavy atom. The molecule has 0 amide bonds. The number of ether oxygens (including phenoxy) is 1. The van der Waals surface area contributed by atoms with E-state index >= 15 is 0 Å². The third-order valence-electron chi connectivity index (χ3n) is 3.93. The quantitative estimate of drug-likeness (QED) is 0.535. The van der Waals surface area contributed by atoms with Gasteiger partial charge in [-0.3, -0.25) is 4.79 Å². The zero-order chi connectivity index (χ0) is 16.9. The fraction of sp³-hybridized carbons (Fsp3) is 0.150. The number of methoxy groups -OCH3 is 1. The van der Waals surface area contributed by atoms with E-state index in [0.29, 0.717) is 5.56 Å². The number of carbonyl (C=O) groups is 1. The molecule has 1 heterocycles. The summed E-state index contributed by atoms with van der Waals surface area (Å²) in [6, 6.07) is 17.2. The molecule has 3 rings (SSSR count). The Bertz CT molecular complexity index is 840. The molecular weight excluding hydrogens is 300 g/mol. The molecule has 120 valence electrons. The van der Waals surface area contributed by atoms with Gasteiger partial charge in [0, 0.05) is 17.2 Å². The van der Waals surface area contributed by atoms with E-state index < -0.39 is 0 Å². The van der Waals surface area contributed by atoms with Crippen molar-refractivity contribution in [2.75, 3.05) is 7.11 Å². The minimum absolute atomic E-state index is 0.0353. The van der Waals surface area contributed by atoms with E-state index in [9.17, 15) is 4.79 Å². The fourth-order valence-electron chi connectivity index (χ4n) is 2.53. The second kappa shape index (κ2) is 7.04. The first kappa shape index (κ1) is 15.9. The van der Waals surface area contributed by atoms with Gasteiger partial charge in [0.2, 0.25) is 5.78 Å². The van der Waals surface area contributed by atoms with Gasteiger partial charge in [0.05, 0.1) is 13.3 Å². The first-order valence-corrected chi connectivity index (χ1v) is 7.76. The average Bonchev–Trinajstić information content (AvgIpc) is 2.63. The van der Waals surface area contributed by atoms with Crippen molar-refractivity contribution in [1.29, 1.82) is 0 Å². The summed E-state index contributed by atoms with van der Waals surface area (Å²) in [6.07, 6.45) is 3.58. The Kier molecular flexibility index (Phi) is 4.66. The third kappa shape index (κ3) is 3.49. The molecule has 0 aliphatic rings. The van der Waals surface area contributed by atoms with Gasteiger partial charge < -0.3 is 4.74 Å². The standard InChI is InChI=1S/C20H19N2O2/c1-15-5-3-4-6-18(15)19-11-12-22(14-21-19)13-20(23)16-7-9-17(24-2)10-8-16/h3-12,14H,13H2,1-2H3/q+1. The normalized spacial score (nSPS) is 10.4. The molecule has 0 fully saturated rings. The van der Waals surface area contributed by atoms with Gasteiger partial charge in [0.1, 0.15) is 5.75 Å². The van der Waals surface area contributed by atoms with Crippen LogP contribution in [0.25, 0.3) is 11.3 Å². The molecule has 0 radical (unpaired) electrons. The van der Waals surface area contributed by atoms with Gasteiger partial charge in [-0.1, -0.05) is 24.3 Å². The SMILES string of the molecule is COc1ccc(C(=O)C[n+]2ccc(-c3ccccc3C)nc2)cc1. The van der Waals surface area contributed by atoms with E-state index in [4.69, 9.17) is 4.74 Å². The number of nitrogens with zero attached hydrogens (tertiary/aromatic N) is 2. The van der Waals surface area contributed by atoms with Gasteiger partial charge >= 0.3 is 0 Å². The largest absolute Gasteiger partial charge is 0.497 e. The van der Waals surface area contributed by atoms with Crippen LogP contribution in [0.2, 0.25) is 0 Å². The molecule has 3 aromatic rings. The summed E-state index contributed by atoms with van der Waals surface area (Å²) < 4.78 is 6.89. The fourth-order valence-corrected chi connectivity index (χ4v) is 2.53. The van der Waals surface area contributed by atoms with Gasteiger partial charge in [0.25, 0.3) is 6.33 Å². The molecule has 1 aromatic heterocycles. The molecule has 0 aliphatic heterocycles. The molecule has 24 heavy (non-hydrogen) atoms. The molecule has 2 aromatic carbocycles. The summed E-state index contributed by atoms with van der Waals surface area (Å²) in [5, 5.41) is 0. The summed E-state index contributed by atoms with van der Waals surface area (Å²) in [5.74, 6) is 0.775. The van der Waals surface area contributed by atoms with Crippen molar-refractivity contribution < 1.29 is 14.1 Å². The highest BCUT2D eigenvalue weighted by molar-refractivity contribution is 5.95. The number of benzene rings is 2. The van der Waals surface area contributed by atoms with Crippen LogP contribution in [-0.4, -0.2) is 17.9 Å². The lowest BCUT2D eigenvalue weighted by atomic mass is 10.1. The van der Waals surface area contributed by atoms with Gasteiger partial charge in [-0.05, 0) is 41.7 Å². The van der Waals surface area contributed by atoms with Crippen molar-refractivity contribution in [3.63, 3.8) is 0 Å². The Hall–Kier alpha value is -3.01. The molecule has 0 saturated carbocycles. The summed E-state index contributed by atoms with van der Waals surface area (Å²) in [4.78, 5) is 16.8. The second-order valence-corrected chi connectivity index (χ2v) is 5.58. The monoisotopic (exact) mass is 319 g/mol. The highest BCUT2D eigenvalue weighted by Gasteiger charge is 2.12. The van der Waals surface area contributed by atoms with E-state index in [2.05, 4.69) is 18.0 Å². The van der Waals surface area contributed by atoms with Gasteiger partial charge in [-0.25, -0.2) is 4.57 Å². The van der Waals surface area contributed by atoms with Crippen molar-refractivity contribution in [3.8, 4) is 17.0 Å². The zero-order valence-corrected chi connectivity index (χ0v) is 13.8. The lowest BCUT2D eigenvalue weighted by Crippen LogP contribution is -2.37. The van der Waals surface area contributed by atoms with Crippen LogP contribution in [-0.2, 0) is 6.54 Å². The molecule has 0 atom stereocenters. The van der Waals surface area contributed by atoms with E-state index in [1.54, 1.807) is 42.3 Å². The number of ketones is 1. The first-order chi connectivity index (χ1) is 11.7. The number of aryl methyl sites for hydroxylation is 1. The Balaban J connectivity index is 1.74. The molecule has 0 saturated heterocycles.